The van der Waals surface area contributed by atoms with E-state index in [0.29, 0.717) is 37.2 Å². The Morgan fingerprint density at radius 1 is 0.944 bits per heavy atom. The lowest BCUT2D eigenvalue weighted by Gasteiger charge is -2.47. The topological polar surface area (TPSA) is 104 Å². The van der Waals surface area contributed by atoms with Gasteiger partial charge in [0.25, 0.3) is 0 Å². The largest absolute Gasteiger partial charge is 0.369 e. The van der Waals surface area contributed by atoms with Crippen LogP contribution in [0.3, 0.4) is 0 Å². The van der Waals surface area contributed by atoms with E-state index in [-0.39, 0.29) is 11.9 Å². The van der Waals surface area contributed by atoms with Crippen molar-refractivity contribution in [3.8, 4) is 0 Å². The molecule has 188 valence electrons. The minimum Gasteiger partial charge on any atom is -0.369 e. The molecule has 36 heavy (non-hydrogen) atoms. The quantitative estimate of drug-likeness (QED) is 0.615. The molecule has 1 saturated heterocycles. The molecule has 2 aliphatic heterocycles. The number of carbonyl (C=O) groups is 1. The Balaban J connectivity index is 1.36. The Kier molecular flexibility index (Phi) is 6.87. The molecule has 5 rings (SSSR count). The van der Waals surface area contributed by atoms with E-state index in [4.69, 9.17) is 28.1 Å². The molecule has 0 unspecified atom stereocenters. The van der Waals surface area contributed by atoms with Crippen molar-refractivity contribution in [3.63, 3.8) is 0 Å². The average molecular weight is 506 g/mol. The maximum atomic E-state index is 12.8. The van der Waals surface area contributed by atoms with E-state index in [1.54, 1.807) is 6.08 Å². The number of nitrogens with zero attached hydrogens (tertiary/aromatic N) is 5. The van der Waals surface area contributed by atoms with Crippen LogP contribution in [0.2, 0.25) is 5.02 Å². The lowest BCUT2D eigenvalue weighted by atomic mass is 9.87. The van der Waals surface area contributed by atoms with Gasteiger partial charge in [0.15, 0.2) is 0 Å². The number of nitrogens with two attached hydrogens (primary N) is 2. The summed E-state index contributed by atoms with van der Waals surface area (Å²) in [6.45, 7) is 2.64. The number of piperazine rings is 1. The number of carbonyl (C=O) groups excluding carboxylic acids is 1. The molecule has 0 aromatic heterocycles. The summed E-state index contributed by atoms with van der Waals surface area (Å²) in [5, 5.41) is 0.620. The van der Waals surface area contributed by atoms with Gasteiger partial charge in [-0.1, -0.05) is 48.4 Å². The van der Waals surface area contributed by atoms with Crippen LogP contribution in [0.15, 0.2) is 64.6 Å². The van der Waals surface area contributed by atoms with Crippen LogP contribution in [0.1, 0.15) is 37.7 Å². The summed E-state index contributed by atoms with van der Waals surface area (Å²) in [5.41, 5.74) is 14.9. The van der Waals surface area contributed by atoms with Crippen LogP contribution in [0, 0.1) is 0 Å². The summed E-state index contributed by atoms with van der Waals surface area (Å²) in [5.74, 6) is 0.589. The molecule has 0 atom stereocenters. The summed E-state index contributed by atoms with van der Waals surface area (Å²) in [7, 11) is 0. The second-order valence-corrected chi connectivity index (χ2v) is 9.94. The van der Waals surface area contributed by atoms with E-state index in [1.807, 2.05) is 64.4 Å². The molecule has 0 radical (unpaired) electrons. The summed E-state index contributed by atoms with van der Waals surface area (Å²) in [4.78, 5) is 28.1. The van der Waals surface area contributed by atoms with Gasteiger partial charge < -0.3 is 21.3 Å². The third-order valence-electron chi connectivity index (χ3n) is 7.18. The molecule has 0 bridgehead atoms. The van der Waals surface area contributed by atoms with Crippen molar-refractivity contribution in [1.82, 2.24) is 4.90 Å². The monoisotopic (exact) mass is 505 g/mol. The minimum atomic E-state index is -0.548. The van der Waals surface area contributed by atoms with Crippen LogP contribution in [-0.2, 0) is 4.79 Å². The van der Waals surface area contributed by atoms with E-state index in [2.05, 4.69) is 9.89 Å². The molecule has 1 saturated carbocycles. The van der Waals surface area contributed by atoms with Crippen molar-refractivity contribution in [2.24, 2.45) is 21.5 Å². The molecule has 2 fully saturated rings. The van der Waals surface area contributed by atoms with Crippen LogP contribution < -0.4 is 21.3 Å². The van der Waals surface area contributed by atoms with Gasteiger partial charge >= 0.3 is 0 Å². The molecular formula is C27H32ClN7O. The predicted octanol–water partition coefficient (Wildman–Crippen LogP) is 3.81. The number of rotatable bonds is 4. The first-order valence-corrected chi connectivity index (χ1v) is 12.9. The highest BCUT2D eigenvalue weighted by Crippen LogP contribution is 2.43. The summed E-state index contributed by atoms with van der Waals surface area (Å²) < 4.78 is 0. The molecule has 2 heterocycles. The molecule has 8 nitrogen and oxygen atoms in total. The van der Waals surface area contributed by atoms with Gasteiger partial charge in [-0.2, -0.15) is 4.99 Å². The normalized spacial score (nSPS) is 20.0. The first kappa shape index (κ1) is 24.2. The van der Waals surface area contributed by atoms with Crippen molar-refractivity contribution >= 4 is 46.9 Å². The van der Waals surface area contributed by atoms with Crippen LogP contribution in [-0.4, -0.2) is 54.6 Å². The number of amides is 1. The standard InChI is InChI=1S/C27H32ClN7O/c28-21-10-11-22(23(19-21)35-26(30)31-25(29)32-27(35)13-5-2-6-14-27)33-15-17-34(18-16-33)24(36)12-9-20-7-3-1-4-8-20/h1,3-4,7-12,19H,2,5-6,13-18H2,(H4,29,30,31,32). The van der Waals surface area contributed by atoms with Crippen molar-refractivity contribution in [2.45, 2.75) is 37.8 Å². The fraction of sp³-hybridized carbons (Fsp3) is 0.370. The van der Waals surface area contributed by atoms with Crippen molar-refractivity contribution in [3.05, 3.63) is 65.2 Å². The van der Waals surface area contributed by atoms with E-state index in [1.165, 1.54) is 6.42 Å². The Hall–Kier alpha value is -3.52. The Labute approximate surface area is 216 Å². The third-order valence-corrected chi connectivity index (χ3v) is 7.41. The fourth-order valence-electron chi connectivity index (χ4n) is 5.42. The van der Waals surface area contributed by atoms with Gasteiger partial charge in [-0.3, -0.25) is 9.69 Å². The predicted molar refractivity (Wildman–Crippen MR) is 147 cm³/mol. The highest BCUT2D eigenvalue weighted by atomic mass is 35.5. The number of benzene rings is 2. The first-order chi connectivity index (χ1) is 17.4. The van der Waals surface area contributed by atoms with Crippen molar-refractivity contribution in [2.75, 3.05) is 36.0 Å². The molecule has 9 heteroatoms. The lowest BCUT2D eigenvalue weighted by Crippen LogP contribution is -2.59. The zero-order chi connectivity index (χ0) is 25.1. The maximum absolute atomic E-state index is 12.8. The van der Waals surface area contributed by atoms with Crippen LogP contribution in [0.5, 0.6) is 0 Å². The maximum Gasteiger partial charge on any atom is 0.246 e. The molecular weight excluding hydrogens is 474 g/mol. The lowest BCUT2D eigenvalue weighted by molar-refractivity contribution is -0.126. The van der Waals surface area contributed by atoms with Gasteiger partial charge in [-0.15, -0.1) is 0 Å². The minimum absolute atomic E-state index is 0.0215. The van der Waals surface area contributed by atoms with Gasteiger partial charge in [0, 0.05) is 37.3 Å². The number of guanidine groups is 2. The second kappa shape index (κ2) is 10.2. The Bertz CT molecular complexity index is 1200. The smallest absolute Gasteiger partial charge is 0.246 e. The van der Waals surface area contributed by atoms with Crippen LogP contribution in [0.4, 0.5) is 11.4 Å². The second-order valence-electron chi connectivity index (χ2n) is 9.51. The number of anilines is 2. The van der Waals surface area contributed by atoms with Gasteiger partial charge in [-0.05, 0) is 55.5 Å². The zero-order valence-corrected chi connectivity index (χ0v) is 21.1. The molecule has 1 spiro atoms. The Morgan fingerprint density at radius 2 is 1.67 bits per heavy atom. The summed E-state index contributed by atoms with van der Waals surface area (Å²) >= 11 is 6.48. The molecule has 1 amide bonds. The van der Waals surface area contributed by atoms with E-state index >= 15 is 0 Å². The SMILES string of the molecule is NC1=NC2(CCCCC2)N(c2cc(Cl)ccc2N2CCN(C(=O)C=Cc3ccccc3)CC2)C(N)=N1. The van der Waals surface area contributed by atoms with Crippen molar-refractivity contribution < 1.29 is 4.79 Å². The molecule has 2 aromatic carbocycles. The number of aliphatic imine (C=N–C) groups is 2. The van der Waals surface area contributed by atoms with Crippen LogP contribution >= 0.6 is 11.6 Å². The zero-order valence-electron chi connectivity index (χ0n) is 20.3. The first-order valence-electron chi connectivity index (χ1n) is 12.5. The van der Waals surface area contributed by atoms with Gasteiger partial charge in [0.1, 0.15) is 5.66 Å². The van der Waals surface area contributed by atoms with E-state index in [0.717, 1.165) is 42.6 Å². The van der Waals surface area contributed by atoms with Crippen LogP contribution in [0.25, 0.3) is 6.08 Å². The average Bonchev–Trinajstić information content (AvgIpc) is 2.88. The van der Waals surface area contributed by atoms with Crippen molar-refractivity contribution in [1.29, 1.82) is 0 Å². The van der Waals surface area contributed by atoms with E-state index < -0.39 is 5.66 Å². The van der Waals surface area contributed by atoms with Gasteiger partial charge in [-0.25, -0.2) is 4.99 Å². The highest BCUT2D eigenvalue weighted by Gasteiger charge is 2.44. The summed E-state index contributed by atoms with van der Waals surface area (Å²) in [6, 6.07) is 15.7. The number of hydrogen-bond donors (Lipinski definition) is 2. The number of halogens is 1. The Morgan fingerprint density at radius 3 is 2.39 bits per heavy atom. The molecule has 3 aliphatic rings. The molecule has 4 N–H and O–H groups in total. The summed E-state index contributed by atoms with van der Waals surface area (Å²) in [6.07, 6.45) is 8.48. The number of hydrogen-bond acceptors (Lipinski definition) is 7. The van der Waals surface area contributed by atoms with Gasteiger partial charge in [0.05, 0.1) is 11.4 Å². The third kappa shape index (κ3) is 4.91. The van der Waals surface area contributed by atoms with E-state index in [9.17, 15) is 4.79 Å². The molecule has 1 aliphatic carbocycles. The fourth-order valence-corrected chi connectivity index (χ4v) is 5.58. The molecule has 2 aromatic rings. The van der Waals surface area contributed by atoms with Gasteiger partial charge in [0.2, 0.25) is 17.8 Å². The highest BCUT2D eigenvalue weighted by molar-refractivity contribution is 6.31.